The van der Waals surface area contributed by atoms with E-state index >= 15 is 0 Å². The van der Waals surface area contributed by atoms with Crippen LogP contribution in [-0.2, 0) is 13.0 Å². The van der Waals surface area contributed by atoms with Crippen LogP contribution in [0.3, 0.4) is 0 Å². The van der Waals surface area contributed by atoms with Crippen molar-refractivity contribution in [2.45, 2.75) is 19.0 Å². The van der Waals surface area contributed by atoms with Crippen LogP contribution in [0.1, 0.15) is 23.1 Å². The maximum absolute atomic E-state index is 5.37. The quantitative estimate of drug-likeness (QED) is 0.772. The third-order valence-electron chi connectivity index (χ3n) is 3.59. The SMILES string of the molecule is c1cnc(-c2noc([C@@H]3Cc4ccccc4CN3)n2)nc1. The van der Waals surface area contributed by atoms with Gasteiger partial charge in [-0.15, -0.1) is 0 Å². The van der Waals surface area contributed by atoms with Gasteiger partial charge >= 0.3 is 0 Å². The van der Waals surface area contributed by atoms with E-state index in [1.54, 1.807) is 18.5 Å². The molecule has 1 N–H and O–H groups in total. The normalized spacial score (nSPS) is 17.4. The molecule has 1 aliphatic heterocycles. The van der Waals surface area contributed by atoms with Crippen molar-refractivity contribution in [3.63, 3.8) is 0 Å². The maximum Gasteiger partial charge on any atom is 0.244 e. The Hall–Kier alpha value is -2.60. The van der Waals surface area contributed by atoms with Crippen LogP contribution in [0.2, 0.25) is 0 Å². The number of benzene rings is 1. The minimum Gasteiger partial charge on any atom is -0.337 e. The molecule has 1 aromatic carbocycles. The van der Waals surface area contributed by atoms with Crippen LogP contribution in [0.5, 0.6) is 0 Å². The van der Waals surface area contributed by atoms with Gasteiger partial charge < -0.3 is 9.84 Å². The van der Waals surface area contributed by atoms with Crippen molar-refractivity contribution in [1.82, 2.24) is 25.4 Å². The minimum atomic E-state index is 0.0323. The summed E-state index contributed by atoms with van der Waals surface area (Å²) in [4.78, 5) is 12.7. The summed E-state index contributed by atoms with van der Waals surface area (Å²) in [6.07, 6.45) is 4.16. The number of nitrogens with one attached hydrogen (secondary N) is 1. The summed E-state index contributed by atoms with van der Waals surface area (Å²) in [6.45, 7) is 0.806. The lowest BCUT2D eigenvalue weighted by Gasteiger charge is -2.23. The van der Waals surface area contributed by atoms with Gasteiger partial charge in [-0.2, -0.15) is 4.98 Å². The Morgan fingerprint density at radius 3 is 2.67 bits per heavy atom. The lowest BCUT2D eigenvalue weighted by Crippen LogP contribution is -2.28. The molecule has 0 saturated heterocycles. The molecule has 0 saturated carbocycles. The zero-order chi connectivity index (χ0) is 14.1. The molecule has 6 nitrogen and oxygen atoms in total. The Bertz CT molecular complexity index is 756. The van der Waals surface area contributed by atoms with Crippen molar-refractivity contribution in [2.75, 3.05) is 0 Å². The van der Waals surface area contributed by atoms with E-state index in [1.807, 2.05) is 0 Å². The molecular formula is C15H13N5O. The van der Waals surface area contributed by atoms with Crippen LogP contribution in [0.15, 0.2) is 47.2 Å². The van der Waals surface area contributed by atoms with Crippen LogP contribution in [-0.4, -0.2) is 20.1 Å². The van der Waals surface area contributed by atoms with Crippen LogP contribution >= 0.6 is 0 Å². The number of hydrogen-bond acceptors (Lipinski definition) is 6. The predicted molar refractivity (Wildman–Crippen MR) is 75.1 cm³/mol. The average molecular weight is 279 g/mol. The average Bonchev–Trinajstić information content (AvgIpc) is 3.05. The lowest BCUT2D eigenvalue weighted by atomic mass is 9.96. The molecule has 3 aromatic rings. The number of nitrogens with zero attached hydrogens (tertiary/aromatic N) is 4. The highest BCUT2D eigenvalue weighted by atomic mass is 16.5. The molecule has 1 atom stereocenters. The van der Waals surface area contributed by atoms with Crippen molar-refractivity contribution in [2.24, 2.45) is 0 Å². The fourth-order valence-corrected chi connectivity index (χ4v) is 2.51. The molecule has 0 radical (unpaired) electrons. The highest BCUT2D eigenvalue weighted by molar-refractivity contribution is 5.40. The molecule has 0 unspecified atom stereocenters. The summed E-state index contributed by atoms with van der Waals surface area (Å²) in [5.74, 6) is 1.47. The number of fused-ring (bicyclic) bond motifs is 1. The first-order valence-corrected chi connectivity index (χ1v) is 6.81. The number of aromatic nitrogens is 4. The summed E-state index contributed by atoms with van der Waals surface area (Å²) >= 11 is 0. The zero-order valence-electron chi connectivity index (χ0n) is 11.2. The first-order valence-electron chi connectivity index (χ1n) is 6.81. The topological polar surface area (TPSA) is 76.7 Å². The van der Waals surface area contributed by atoms with Crippen molar-refractivity contribution < 1.29 is 4.52 Å². The second-order valence-corrected chi connectivity index (χ2v) is 4.93. The molecule has 21 heavy (non-hydrogen) atoms. The lowest BCUT2D eigenvalue weighted by molar-refractivity contribution is 0.321. The molecule has 0 fully saturated rings. The molecular weight excluding hydrogens is 266 g/mol. The van der Waals surface area contributed by atoms with Crippen molar-refractivity contribution >= 4 is 0 Å². The molecule has 0 aliphatic carbocycles. The van der Waals surface area contributed by atoms with Crippen molar-refractivity contribution in [3.8, 4) is 11.6 Å². The van der Waals surface area contributed by atoms with E-state index in [4.69, 9.17) is 4.52 Å². The first-order chi connectivity index (χ1) is 10.4. The van der Waals surface area contributed by atoms with Gasteiger partial charge in [0.25, 0.3) is 0 Å². The monoisotopic (exact) mass is 279 g/mol. The van der Waals surface area contributed by atoms with Gasteiger partial charge in [-0.25, -0.2) is 9.97 Å². The smallest absolute Gasteiger partial charge is 0.244 e. The van der Waals surface area contributed by atoms with E-state index in [0.29, 0.717) is 17.5 Å². The van der Waals surface area contributed by atoms with E-state index < -0.39 is 0 Å². The van der Waals surface area contributed by atoms with Crippen LogP contribution < -0.4 is 5.32 Å². The Kier molecular flexibility index (Phi) is 2.93. The number of hydrogen-bond donors (Lipinski definition) is 1. The van der Waals surface area contributed by atoms with E-state index in [-0.39, 0.29) is 6.04 Å². The number of rotatable bonds is 2. The molecule has 2 aromatic heterocycles. The van der Waals surface area contributed by atoms with Gasteiger partial charge in [0.15, 0.2) is 0 Å². The van der Waals surface area contributed by atoms with Gasteiger partial charge in [0.2, 0.25) is 17.5 Å². The van der Waals surface area contributed by atoms with Crippen LogP contribution in [0, 0.1) is 0 Å². The molecule has 3 heterocycles. The maximum atomic E-state index is 5.37. The molecule has 0 spiro atoms. The Morgan fingerprint density at radius 2 is 1.81 bits per heavy atom. The van der Waals surface area contributed by atoms with E-state index in [2.05, 4.69) is 49.7 Å². The zero-order valence-corrected chi connectivity index (χ0v) is 11.2. The van der Waals surface area contributed by atoms with E-state index in [0.717, 1.165) is 13.0 Å². The third-order valence-corrected chi connectivity index (χ3v) is 3.59. The first kappa shape index (κ1) is 12.2. The predicted octanol–water partition coefficient (Wildman–Crippen LogP) is 1.91. The third kappa shape index (κ3) is 2.30. The largest absolute Gasteiger partial charge is 0.337 e. The fraction of sp³-hybridized carbons (Fsp3) is 0.200. The Labute approximate surface area is 121 Å². The molecule has 0 amide bonds. The highest BCUT2D eigenvalue weighted by Gasteiger charge is 2.24. The Morgan fingerprint density at radius 1 is 1.00 bits per heavy atom. The molecule has 4 rings (SSSR count). The highest BCUT2D eigenvalue weighted by Crippen LogP contribution is 2.25. The fourth-order valence-electron chi connectivity index (χ4n) is 2.51. The summed E-state index contributed by atoms with van der Waals surface area (Å²) in [5, 5.41) is 7.39. The van der Waals surface area contributed by atoms with Gasteiger partial charge in [0.1, 0.15) is 0 Å². The summed E-state index contributed by atoms with van der Waals surface area (Å²) in [7, 11) is 0. The summed E-state index contributed by atoms with van der Waals surface area (Å²) in [6, 6.07) is 10.2. The van der Waals surface area contributed by atoms with E-state index in [9.17, 15) is 0 Å². The van der Waals surface area contributed by atoms with Gasteiger partial charge in [0.05, 0.1) is 6.04 Å². The van der Waals surface area contributed by atoms with Crippen LogP contribution in [0.4, 0.5) is 0 Å². The van der Waals surface area contributed by atoms with Crippen molar-refractivity contribution in [3.05, 3.63) is 59.7 Å². The van der Waals surface area contributed by atoms with Gasteiger partial charge in [-0.3, -0.25) is 0 Å². The summed E-state index contributed by atoms with van der Waals surface area (Å²) < 4.78 is 5.37. The second kappa shape index (κ2) is 5.06. The molecule has 1 aliphatic rings. The molecule has 0 bridgehead atoms. The second-order valence-electron chi connectivity index (χ2n) is 4.93. The van der Waals surface area contributed by atoms with E-state index in [1.165, 1.54) is 11.1 Å². The van der Waals surface area contributed by atoms with Gasteiger partial charge in [0, 0.05) is 18.9 Å². The standard InChI is InChI=1S/C15H13N5O/c1-2-5-11-9-18-12(8-10(11)4-1)15-19-14(20-21-15)13-16-6-3-7-17-13/h1-7,12,18H,8-9H2/t12-/m0/s1. The van der Waals surface area contributed by atoms with Gasteiger partial charge in [-0.1, -0.05) is 29.4 Å². The van der Waals surface area contributed by atoms with Gasteiger partial charge in [-0.05, 0) is 23.6 Å². The van der Waals surface area contributed by atoms with Crippen molar-refractivity contribution in [1.29, 1.82) is 0 Å². The summed E-state index contributed by atoms with van der Waals surface area (Å²) in [5.41, 5.74) is 2.64. The molecule has 104 valence electrons. The van der Waals surface area contributed by atoms with Crippen LogP contribution in [0.25, 0.3) is 11.6 Å². The molecule has 6 heteroatoms. The minimum absolute atomic E-state index is 0.0323. The Balaban J connectivity index is 1.60.